The second kappa shape index (κ2) is 6.22. The molecule has 1 spiro atoms. The highest BCUT2D eigenvalue weighted by Gasteiger charge is 2.67. The summed E-state index contributed by atoms with van der Waals surface area (Å²) < 4.78 is 7.01. The van der Waals surface area contributed by atoms with E-state index in [9.17, 15) is 0 Å². The van der Waals surface area contributed by atoms with E-state index in [4.69, 9.17) is 4.74 Å². The van der Waals surface area contributed by atoms with Crippen molar-refractivity contribution in [3.63, 3.8) is 0 Å². The zero-order valence-electron chi connectivity index (χ0n) is 19.0. The van der Waals surface area contributed by atoms with Gasteiger partial charge in [0, 0.05) is 12.5 Å². The lowest BCUT2D eigenvalue weighted by Gasteiger charge is -2.57. The zero-order valence-corrected chi connectivity index (χ0v) is 19.0. The van der Waals surface area contributed by atoms with Gasteiger partial charge in [-0.25, -0.2) is 0 Å². The van der Waals surface area contributed by atoms with Crippen molar-refractivity contribution in [3.05, 3.63) is 23.8 Å². The van der Waals surface area contributed by atoms with Gasteiger partial charge in [-0.1, -0.05) is 45.9 Å². The minimum Gasteiger partial charge on any atom is -0.357 e. The molecule has 4 aliphatic carbocycles. The van der Waals surface area contributed by atoms with Crippen molar-refractivity contribution >= 4 is 0 Å². The average molecular weight is 396 g/mol. The third kappa shape index (κ3) is 2.42. The van der Waals surface area contributed by atoms with Gasteiger partial charge in [0.25, 0.3) is 0 Å². The Morgan fingerprint density at radius 1 is 1.07 bits per heavy atom. The van der Waals surface area contributed by atoms with E-state index in [2.05, 4.69) is 51.2 Å². The topological polar surface area (TPSA) is 21.3 Å². The van der Waals surface area contributed by atoms with Gasteiger partial charge < -0.3 is 4.74 Å². The average Bonchev–Trinajstić information content (AvgIpc) is 3.15. The summed E-state index contributed by atoms with van der Waals surface area (Å²) in [6.07, 6.45) is 18.7. The normalized spacial score (nSPS) is 58.3. The molecular formula is C27H41NO. The van der Waals surface area contributed by atoms with Gasteiger partial charge in [-0.2, -0.15) is 0 Å². The number of allylic oxidation sites excluding steroid dienone is 4. The Morgan fingerprint density at radius 2 is 1.93 bits per heavy atom. The molecule has 0 aromatic carbocycles. The van der Waals surface area contributed by atoms with Crippen molar-refractivity contribution < 1.29 is 4.74 Å². The summed E-state index contributed by atoms with van der Waals surface area (Å²) in [4.78, 5) is 0. The molecule has 2 heterocycles. The van der Waals surface area contributed by atoms with Gasteiger partial charge in [-0.15, -0.1) is 0 Å². The second-order valence-corrected chi connectivity index (χ2v) is 12.3. The maximum atomic E-state index is 7.01. The molecule has 2 heteroatoms. The summed E-state index contributed by atoms with van der Waals surface area (Å²) in [5.74, 6) is 4.82. The van der Waals surface area contributed by atoms with Crippen molar-refractivity contribution in [3.8, 4) is 0 Å². The highest BCUT2D eigenvalue weighted by atomic mass is 16.5. The molecule has 10 atom stereocenters. The smallest absolute Gasteiger partial charge is 0.122 e. The van der Waals surface area contributed by atoms with E-state index in [0.29, 0.717) is 22.9 Å². The number of piperidine rings is 1. The van der Waals surface area contributed by atoms with Crippen LogP contribution >= 0.6 is 0 Å². The van der Waals surface area contributed by atoms with E-state index in [-0.39, 0.29) is 5.72 Å². The Hall–Kier alpha value is -0.600. The third-order valence-corrected chi connectivity index (χ3v) is 11.1. The highest BCUT2D eigenvalue weighted by molar-refractivity contribution is 5.34. The first-order chi connectivity index (χ1) is 13.9. The predicted molar refractivity (Wildman–Crippen MR) is 118 cm³/mol. The van der Waals surface area contributed by atoms with Crippen LogP contribution in [-0.2, 0) is 4.74 Å². The number of hydrogen-bond acceptors (Lipinski definition) is 2. The molecule has 2 aliphatic heterocycles. The zero-order chi connectivity index (χ0) is 20.0. The first-order valence-corrected chi connectivity index (χ1v) is 12.7. The van der Waals surface area contributed by atoms with Crippen LogP contribution in [0.4, 0.5) is 0 Å². The van der Waals surface area contributed by atoms with E-state index < -0.39 is 0 Å². The molecule has 2 nitrogen and oxygen atoms in total. The van der Waals surface area contributed by atoms with Crippen LogP contribution in [-0.4, -0.2) is 18.4 Å². The minimum absolute atomic E-state index is 0.0214. The second-order valence-electron chi connectivity index (χ2n) is 12.3. The van der Waals surface area contributed by atoms with Crippen LogP contribution in [0.25, 0.3) is 0 Å². The summed E-state index contributed by atoms with van der Waals surface area (Å²) in [6, 6.07) is 0. The highest BCUT2D eigenvalue weighted by Crippen LogP contribution is 2.69. The van der Waals surface area contributed by atoms with Gasteiger partial charge in [0.05, 0.1) is 6.10 Å². The quantitative estimate of drug-likeness (QED) is 0.536. The minimum atomic E-state index is -0.0214. The Kier molecular flexibility index (Phi) is 4.10. The standard InChI is InChI=1S/C27H41NO/c1-17-10-14-27(28-16-17)18(2)24-23(29-27)15-22-20-9-8-19-7-5-6-12-25(19,3)21(20)11-13-26(22,24)4/h5,7-8,17-18,20-24,28H,6,9-16H2,1-4H3/t17-,18+,20-,21?,22?,23+,24+,25+,26+,27-/m1/s1. The van der Waals surface area contributed by atoms with Crippen LogP contribution in [0.5, 0.6) is 0 Å². The van der Waals surface area contributed by atoms with Crippen molar-refractivity contribution in [1.82, 2.24) is 5.32 Å². The molecule has 160 valence electrons. The predicted octanol–water partition coefficient (Wildman–Crippen LogP) is 6.09. The Balaban J connectivity index is 1.30. The van der Waals surface area contributed by atoms with Crippen LogP contribution in [0.15, 0.2) is 23.8 Å². The molecule has 4 fully saturated rings. The lowest BCUT2D eigenvalue weighted by Crippen LogP contribution is -2.56. The first-order valence-electron chi connectivity index (χ1n) is 12.7. The molecule has 0 amide bonds. The Labute approximate surface area is 177 Å². The lowest BCUT2D eigenvalue weighted by molar-refractivity contribution is -0.114. The number of rotatable bonds is 0. The first kappa shape index (κ1) is 19.1. The van der Waals surface area contributed by atoms with Gasteiger partial charge in [0.15, 0.2) is 0 Å². The number of hydrogen-bond donors (Lipinski definition) is 1. The third-order valence-electron chi connectivity index (χ3n) is 11.1. The van der Waals surface area contributed by atoms with Gasteiger partial charge in [0.2, 0.25) is 0 Å². The Bertz CT molecular complexity index is 746. The molecule has 1 N–H and O–H groups in total. The monoisotopic (exact) mass is 395 g/mol. The number of nitrogens with one attached hydrogen (secondary N) is 1. The fraction of sp³-hybridized carbons (Fsp3) is 0.852. The molecule has 2 unspecified atom stereocenters. The maximum Gasteiger partial charge on any atom is 0.122 e. The fourth-order valence-corrected chi connectivity index (χ4v) is 9.50. The molecule has 0 aromatic heterocycles. The van der Waals surface area contributed by atoms with Crippen molar-refractivity contribution in [2.24, 2.45) is 46.3 Å². The van der Waals surface area contributed by atoms with E-state index in [0.717, 1.165) is 36.1 Å². The molecule has 0 aromatic rings. The summed E-state index contributed by atoms with van der Waals surface area (Å²) in [5.41, 5.74) is 2.56. The molecule has 2 saturated heterocycles. The van der Waals surface area contributed by atoms with E-state index >= 15 is 0 Å². The molecule has 0 radical (unpaired) electrons. The van der Waals surface area contributed by atoms with Crippen LogP contribution < -0.4 is 5.32 Å². The largest absolute Gasteiger partial charge is 0.357 e. The van der Waals surface area contributed by atoms with Gasteiger partial charge in [-0.3, -0.25) is 5.32 Å². The van der Waals surface area contributed by atoms with Crippen LogP contribution in [0.2, 0.25) is 0 Å². The van der Waals surface area contributed by atoms with E-state index in [1.165, 1.54) is 51.4 Å². The fourth-order valence-electron chi connectivity index (χ4n) is 9.50. The molecule has 2 saturated carbocycles. The summed E-state index contributed by atoms with van der Waals surface area (Å²) in [6.45, 7) is 11.3. The van der Waals surface area contributed by atoms with Crippen LogP contribution in [0.1, 0.15) is 79.1 Å². The SMILES string of the molecule is C[C@@H]1CC[C@@]2(NC1)O[C@H]1CC3[C@@H]4CC=C5C=CCC[C@]5(C)C4CC[C@]3(C)[C@H]1[C@@H]2C. The molecule has 0 bridgehead atoms. The summed E-state index contributed by atoms with van der Waals surface area (Å²) in [7, 11) is 0. The van der Waals surface area contributed by atoms with Crippen LogP contribution in [0.3, 0.4) is 0 Å². The van der Waals surface area contributed by atoms with Crippen molar-refractivity contribution in [2.75, 3.05) is 6.54 Å². The van der Waals surface area contributed by atoms with Crippen molar-refractivity contribution in [2.45, 2.75) is 90.9 Å². The van der Waals surface area contributed by atoms with E-state index in [1.54, 1.807) is 5.57 Å². The van der Waals surface area contributed by atoms with Crippen molar-refractivity contribution in [1.29, 1.82) is 0 Å². The molecule has 29 heavy (non-hydrogen) atoms. The van der Waals surface area contributed by atoms with Gasteiger partial charge >= 0.3 is 0 Å². The maximum absolute atomic E-state index is 7.01. The lowest BCUT2D eigenvalue weighted by atomic mass is 9.47. The number of ether oxygens (including phenoxy) is 1. The summed E-state index contributed by atoms with van der Waals surface area (Å²) >= 11 is 0. The summed E-state index contributed by atoms with van der Waals surface area (Å²) in [5, 5.41) is 3.90. The van der Waals surface area contributed by atoms with Gasteiger partial charge in [0.1, 0.15) is 5.72 Å². The number of fused-ring (bicyclic) bond motifs is 7. The molecule has 6 aliphatic rings. The molecular weight excluding hydrogens is 354 g/mol. The van der Waals surface area contributed by atoms with Crippen LogP contribution in [0, 0.1) is 46.3 Å². The Morgan fingerprint density at radius 3 is 2.72 bits per heavy atom. The van der Waals surface area contributed by atoms with Gasteiger partial charge in [-0.05, 0) is 97.4 Å². The molecule has 6 rings (SSSR count). The van der Waals surface area contributed by atoms with E-state index in [1.807, 2.05) is 0 Å².